The molecule has 11 heteroatoms. The molecule has 8 nitrogen and oxygen atoms in total. The van der Waals surface area contributed by atoms with Crippen LogP contribution in [-0.2, 0) is 17.6 Å². The molecule has 0 spiro atoms. The third-order valence-electron chi connectivity index (χ3n) is 6.29. The van der Waals surface area contributed by atoms with E-state index in [1.165, 1.54) is 17.0 Å². The van der Waals surface area contributed by atoms with Gasteiger partial charge in [-0.3, -0.25) is 9.69 Å². The minimum absolute atomic E-state index is 0.0754. The van der Waals surface area contributed by atoms with Gasteiger partial charge in [0.25, 0.3) is 12.3 Å². The highest BCUT2D eigenvalue weighted by Crippen LogP contribution is 2.39. The number of alkyl halides is 2. The molecule has 1 atom stereocenters. The molecule has 1 saturated heterocycles. The van der Waals surface area contributed by atoms with Gasteiger partial charge < -0.3 is 14.7 Å². The maximum Gasteiger partial charge on any atom is 0.265 e. The number of aromatic nitrogens is 2. The number of rotatable bonds is 7. The third kappa shape index (κ3) is 4.31. The molecule has 1 aromatic heterocycles. The van der Waals surface area contributed by atoms with Crippen LogP contribution < -0.4 is 9.64 Å². The summed E-state index contributed by atoms with van der Waals surface area (Å²) in [4.78, 5) is 25.6. The fourth-order valence-corrected chi connectivity index (χ4v) is 5.05. The van der Waals surface area contributed by atoms with Crippen molar-refractivity contribution in [2.45, 2.75) is 51.6 Å². The van der Waals surface area contributed by atoms with Crippen LogP contribution in [0.5, 0.6) is 5.88 Å². The standard InChI is InChI=1S/C25H25F2N5O3S/c1-4-20-29-19-8-7-16(12-18(19)22(30-20)35-10-9-33)32-24(36)31(23(34)25(32,2)3)15-6-5-14(13-28)17(11-15)21(26)27/h5-8,11,16,21,33H,4,9-10,12H2,1-3H3. The van der Waals surface area contributed by atoms with E-state index < -0.39 is 17.5 Å². The minimum atomic E-state index is -2.88. The Morgan fingerprint density at radius 1 is 1.36 bits per heavy atom. The van der Waals surface area contributed by atoms with Gasteiger partial charge in [-0.15, -0.1) is 0 Å². The minimum Gasteiger partial charge on any atom is -0.475 e. The first-order valence-corrected chi connectivity index (χ1v) is 11.9. The molecule has 2 aliphatic rings. The highest BCUT2D eigenvalue weighted by atomic mass is 32.1. The largest absolute Gasteiger partial charge is 0.475 e. The summed E-state index contributed by atoms with van der Waals surface area (Å²) in [6, 6.07) is 5.24. The van der Waals surface area contributed by atoms with Crippen molar-refractivity contribution in [3.63, 3.8) is 0 Å². The van der Waals surface area contributed by atoms with Gasteiger partial charge in [0.1, 0.15) is 18.0 Å². The molecule has 36 heavy (non-hydrogen) atoms. The lowest BCUT2D eigenvalue weighted by Gasteiger charge is -2.37. The van der Waals surface area contributed by atoms with Crippen LogP contribution >= 0.6 is 12.2 Å². The Kier molecular flexibility index (Phi) is 7.02. The number of thiocarbonyl (C=S) groups is 1. The number of fused-ring (bicyclic) bond motifs is 1. The predicted octanol–water partition coefficient (Wildman–Crippen LogP) is 3.57. The summed E-state index contributed by atoms with van der Waals surface area (Å²) < 4.78 is 32.8. The highest BCUT2D eigenvalue weighted by molar-refractivity contribution is 7.80. The number of nitrogens with zero attached hydrogens (tertiary/aromatic N) is 5. The number of aliphatic hydroxyl groups excluding tert-OH is 1. The molecule has 0 bridgehead atoms. The molecule has 1 amide bonds. The number of amides is 1. The summed E-state index contributed by atoms with van der Waals surface area (Å²) >= 11 is 5.71. The van der Waals surface area contributed by atoms with Crippen molar-refractivity contribution in [2.75, 3.05) is 18.1 Å². The lowest BCUT2D eigenvalue weighted by Crippen LogP contribution is -2.50. The van der Waals surface area contributed by atoms with Crippen LogP contribution in [0.25, 0.3) is 6.08 Å². The quantitative estimate of drug-likeness (QED) is 0.561. The molecule has 4 rings (SSSR count). The Labute approximate surface area is 212 Å². The fourth-order valence-electron chi connectivity index (χ4n) is 4.50. The zero-order valence-electron chi connectivity index (χ0n) is 20.0. The van der Waals surface area contributed by atoms with E-state index in [4.69, 9.17) is 17.0 Å². The number of hydrogen-bond acceptors (Lipinski definition) is 7. The first-order chi connectivity index (χ1) is 17.1. The van der Waals surface area contributed by atoms with E-state index in [9.17, 15) is 23.9 Å². The molecule has 2 heterocycles. The summed E-state index contributed by atoms with van der Waals surface area (Å²) in [7, 11) is 0. The average Bonchev–Trinajstić information content (AvgIpc) is 3.04. The highest BCUT2D eigenvalue weighted by Gasteiger charge is 2.52. The molecule has 1 fully saturated rings. The zero-order valence-corrected chi connectivity index (χ0v) is 20.9. The van der Waals surface area contributed by atoms with Gasteiger partial charge in [0.05, 0.1) is 35.7 Å². The lowest BCUT2D eigenvalue weighted by molar-refractivity contribution is -0.123. The summed E-state index contributed by atoms with van der Waals surface area (Å²) in [5.41, 5.74) is -0.0856. The van der Waals surface area contributed by atoms with Gasteiger partial charge in [0.15, 0.2) is 5.11 Å². The van der Waals surface area contributed by atoms with Crippen LogP contribution in [0.15, 0.2) is 24.3 Å². The van der Waals surface area contributed by atoms with E-state index in [1.807, 2.05) is 19.1 Å². The van der Waals surface area contributed by atoms with Gasteiger partial charge >= 0.3 is 0 Å². The fraction of sp³-hybridized carbons (Fsp3) is 0.400. The van der Waals surface area contributed by atoms with Crippen molar-refractivity contribution in [1.82, 2.24) is 14.9 Å². The van der Waals surface area contributed by atoms with Crippen LogP contribution in [0.4, 0.5) is 14.5 Å². The van der Waals surface area contributed by atoms with Crippen molar-refractivity contribution in [3.8, 4) is 11.9 Å². The van der Waals surface area contributed by atoms with E-state index in [2.05, 4.69) is 9.97 Å². The van der Waals surface area contributed by atoms with Crippen LogP contribution in [-0.4, -0.2) is 55.8 Å². The Morgan fingerprint density at radius 3 is 2.75 bits per heavy atom. The predicted molar refractivity (Wildman–Crippen MR) is 133 cm³/mol. The Hall–Kier alpha value is -3.49. The maximum atomic E-state index is 13.6. The second kappa shape index (κ2) is 9.87. The third-order valence-corrected chi connectivity index (χ3v) is 6.67. The van der Waals surface area contributed by atoms with Crippen molar-refractivity contribution in [2.24, 2.45) is 0 Å². The number of benzene rings is 1. The number of carbonyl (C=O) groups excluding carboxylic acids is 1. The zero-order chi connectivity index (χ0) is 26.2. The van der Waals surface area contributed by atoms with Gasteiger partial charge in [-0.2, -0.15) is 10.2 Å². The summed E-state index contributed by atoms with van der Waals surface area (Å²) in [6.07, 6.45) is 1.85. The molecular formula is C25H25F2N5O3S. The smallest absolute Gasteiger partial charge is 0.265 e. The van der Waals surface area contributed by atoms with Gasteiger partial charge in [-0.25, -0.2) is 13.8 Å². The number of halogens is 2. The first-order valence-electron chi connectivity index (χ1n) is 11.5. The average molecular weight is 514 g/mol. The van der Waals surface area contributed by atoms with Crippen LogP contribution in [0.1, 0.15) is 55.4 Å². The van der Waals surface area contributed by atoms with Crippen LogP contribution in [0.3, 0.4) is 0 Å². The van der Waals surface area contributed by atoms with Crippen molar-refractivity contribution in [3.05, 3.63) is 52.5 Å². The number of anilines is 1. The Morgan fingerprint density at radius 2 is 2.11 bits per heavy atom. The lowest BCUT2D eigenvalue weighted by atomic mass is 9.93. The van der Waals surface area contributed by atoms with Gasteiger partial charge in [0, 0.05) is 24.0 Å². The molecule has 1 aromatic carbocycles. The van der Waals surface area contributed by atoms with Crippen molar-refractivity contribution >= 4 is 35.0 Å². The monoisotopic (exact) mass is 513 g/mol. The SMILES string of the molecule is CCc1nc2c(c(OCCO)n1)CC(N1C(=S)N(c3ccc(C#N)c(C(F)F)c3)C(=O)C1(C)C)C=C2. The molecule has 0 saturated carbocycles. The van der Waals surface area contributed by atoms with Gasteiger partial charge in [-0.05, 0) is 50.3 Å². The summed E-state index contributed by atoms with van der Waals surface area (Å²) in [6.45, 7) is 5.29. The summed E-state index contributed by atoms with van der Waals surface area (Å²) in [5.74, 6) is 0.616. The molecule has 1 aliphatic carbocycles. The molecule has 2 aromatic rings. The number of nitriles is 1. The van der Waals surface area contributed by atoms with Gasteiger partial charge in [0.2, 0.25) is 5.88 Å². The van der Waals surface area contributed by atoms with E-state index in [-0.39, 0.29) is 41.5 Å². The van der Waals surface area contributed by atoms with Crippen LogP contribution in [0.2, 0.25) is 0 Å². The van der Waals surface area contributed by atoms with E-state index in [0.717, 1.165) is 11.6 Å². The number of ether oxygens (including phenoxy) is 1. The van der Waals surface area contributed by atoms with Crippen LogP contribution in [0, 0.1) is 11.3 Å². The van der Waals surface area contributed by atoms with E-state index >= 15 is 0 Å². The summed E-state index contributed by atoms with van der Waals surface area (Å²) in [5, 5.41) is 18.6. The number of carbonyl (C=O) groups is 1. The van der Waals surface area contributed by atoms with Gasteiger partial charge in [-0.1, -0.05) is 13.0 Å². The van der Waals surface area contributed by atoms with Crippen molar-refractivity contribution < 1.29 is 23.4 Å². The molecule has 0 radical (unpaired) electrons. The number of aryl methyl sites for hydroxylation is 1. The molecule has 188 valence electrons. The van der Waals surface area contributed by atoms with E-state index in [0.29, 0.717) is 30.2 Å². The molecule has 1 N–H and O–H groups in total. The number of hydrogen-bond donors (Lipinski definition) is 1. The normalized spacial score (nSPS) is 18.6. The Balaban J connectivity index is 1.71. The van der Waals surface area contributed by atoms with Crippen molar-refractivity contribution in [1.29, 1.82) is 5.26 Å². The molecule has 1 aliphatic heterocycles. The first kappa shape index (κ1) is 25.6. The number of aliphatic hydroxyl groups is 1. The topological polar surface area (TPSA) is 103 Å². The second-order valence-electron chi connectivity index (χ2n) is 8.90. The second-order valence-corrected chi connectivity index (χ2v) is 9.27. The Bertz CT molecular complexity index is 1290. The van der Waals surface area contributed by atoms with E-state index in [1.54, 1.807) is 24.8 Å². The molecule has 1 unspecified atom stereocenters. The molecular weight excluding hydrogens is 488 g/mol. The maximum absolute atomic E-state index is 13.6.